The van der Waals surface area contributed by atoms with Crippen molar-refractivity contribution in [1.29, 1.82) is 0 Å². The number of ketones is 1. The first-order valence-electron chi connectivity index (χ1n) is 5.90. The maximum Gasteiger partial charge on any atom is 0.204 e. The molecule has 0 saturated heterocycles. The molecule has 3 aromatic rings. The lowest BCUT2D eigenvalue weighted by atomic mass is 10.1. The van der Waals surface area contributed by atoms with Crippen LogP contribution in [0.3, 0.4) is 0 Å². The molecule has 5 heteroatoms. The number of methoxy groups -OCH3 is 1. The van der Waals surface area contributed by atoms with Gasteiger partial charge in [-0.2, -0.15) is 0 Å². The largest absolute Gasteiger partial charge is 0.495 e. The summed E-state index contributed by atoms with van der Waals surface area (Å²) in [6, 6.07) is 7.89. The number of benzene rings is 1. The number of rotatable bonds is 3. The summed E-state index contributed by atoms with van der Waals surface area (Å²) >= 11 is 1.27. The normalized spacial score (nSPS) is 10.7. The van der Waals surface area contributed by atoms with Gasteiger partial charge in [0.05, 0.1) is 18.2 Å². The highest BCUT2D eigenvalue weighted by molar-refractivity contribution is 7.21. The topological polar surface area (TPSA) is 39.2 Å². The molecule has 0 saturated carbocycles. The minimum absolute atomic E-state index is 0.141. The van der Waals surface area contributed by atoms with Crippen molar-refractivity contribution in [3.05, 3.63) is 59.0 Å². The monoisotopic (exact) mass is 287 g/mol. The number of hydrogen-bond donors (Lipinski definition) is 0. The van der Waals surface area contributed by atoms with Gasteiger partial charge in [-0.15, -0.1) is 11.3 Å². The second-order valence-corrected chi connectivity index (χ2v) is 5.32. The molecular formula is C15H10FNO2S. The summed E-state index contributed by atoms with van der Waals surface area (Å²) in [5.41, 5.74) is 0.455. The summed E-state index contributed by atoms with van der Waals surface area (Å²) in [7, 11) is 1.52. The van der Waals surface area contributed by atoms with Crippen molar-refractivity contribution >= 4 is 27.2 Å². The first kappa shape index (κ1) is 12.7. The van der Waals surface area contributed by atoms with Crippen LogP contribution in [0.4, 0.5) is 4.39 Å². The SMILES string of the molecule is COc1cncc(C(=O)c2cc3ccc(F)cc3s2)c1. The van der Waals surface area contributed by atoms with Crippen LogP contribution in [0.25, 0.3) is 10.1 Å². The second-order valence-electron chi connectivity index (χ2n) is 4.24. The highest BCUT2D eigenvalue weighted by Crippen LogP contribution is 2.28. The number of ether oxygens (including phenoxy) is 1. The van der Waals surface area contributed by atoms with E-state index in [0.717, 1.165) is 10.1 Å². The van der Waals surface area contributed by atoms with Crippen LogP contribution >= 0.6 is 11.3 Å². The number of fused-ring (bicyclic) bond motifs is 1. The van der Waals surface area contributed by atoms with Crippen LogP contribution in [0.2, 0.25) is 0 Å². The van der Waals surface area contributed by atoms with Gasteiger partial charge in [0.25, 0.3) is 0 Å². The molecular weight excluding hydrogens is 277 g/mol. The lowest BCUT2D eigenvalue weighted by Gasteiger charge is -2.01. The zero-order chi connectivity index (χ0) is 14.1. The van der Waals surface area contributed by atoms with Crippen LogP contribution in [0.1, 0.15) is 15.2 Å². The highest BCUT2D eigenvalue weighted by atomic mass is 32.1. The molecule has 0 aliphatic heterocycles. The van der Waals surface area contributed by atoms with E-state index >= 15 is 0 Å². The van der Waals surface area contributed by atoms with Crippen LogP contribution < -0.4 is 4.74 Å². The zero-order valence-corrected chi connectivity index (χ0v) is 11.4. The van der Waals surface area contributed by atoms with Crippen LogP contribution in [-0.2, 0) is 0 Å². The number of nitrogens with zero attached hydrogens (tertiary/aromatic N) is 1. The molecule has 0 aliphatic rings. The average molecular weight is 287 g/mol. The Balaban J connectivity index is 2.03. The van der Waals surface area contributed by atoms with Crippen molar-refractivity contribution in [2.75, 3.05) is 7.11 Å². The van der Waals surface area contributed by atoms with Crippen LogP contribution in [0.5, 0.6) is 5.75 Å². The van der Waals surface area contributed by atoms with Gasteiger partial charge in [-0.3, -0.25) is 9.78 Å². The molecule has 3 nitrogen and oxygen atoms in total. The Labute approximate surface area is 118 Å². The van der Waals surface area contributed by atoms with Crippen molar-refractivity contribution in [2.24, 2.45) is 0 Å². The maximum absolute atomic E-state index is 13.2. The fraction of sp³-hybridized carbons (Fsp3) is 0.0667. The predicted octanol–water partition coefficient (Wildman–Crippen LogP) is 3.68. The van der Waals surface area contributed by atoms with E-state index < -0.39 is 0 Å². The summed E-state index contributed by atoms with van der Waals surface area (Å²) in [6.07, 6.45) is 3.03. The molecule has 0 atom stereocenters. The molecule has 0 N–H and O–H groups in total. The number of thiophene rings is 1. The second kappa shape index (κ2) is 5.02. The smallest absolute Gasteiger partial charge is 0.204 e. The summed E-state index contributed by atoms with van der Waals surface area (Å²) in [5, 5.41) is 0.857. The lowest BCUT2D eigenvalue weighted by molar-refractivity contribution is 0.104. The minimum atomic E-state index is -0.304. The number of hydrogen-bond acceptors (Lipinski definition) is 4. The maximum atomic E-state index is 13.2. The highest BCUT2D eigenvalue weighted by Gasteiger charge is 2.14. The van der Waals surface area contributed by atoms with Gasteiger partial charge in [0.1, 0.15) is 11.6 Å². The van der Waals surface area contributed by atoms with Gasteiger partial charge < -0.3 is 4.74 Å². The Bertz CT molecular complexity index is 797. The first-order valence-corrected chi connectivity index (χ1v) is 6.72. The molecule has 0 unspecified atom stereocenters. The molecule has 0 amide bonds. The quantitative estimate of drug-likeness (QED) is 0.690. The molecule has 3 rings (SSSR count). The zero-order valence-electron chi connectivity index (χ0n) is 10.6. The van der Waals surface area contributed by atoms with E-state index in [1.807, 2.05) is 0 Å². The van der Waals surface area contributed by atoms with Gasteiger partial charge in [0.2, 0.25) is 5.78 Å². The van der Waals surface area contributed by atoms with E-state index in [-0.39, 0.29) is 11.6 Å². The average Bonchev–Trinajstić information content (AvgIpc) is 2.89. The van der Waals surface area contributed by atoms with Crippen molar-refractivity contribution in [2.45, 2.75) is 0 Å². The number of pyridine rings is 1. The van der Waals surface area contributed by atoms with E-state index in [1.165, 1.54) is 43.0 Å². The Morgan fingerprint density at radius 2 is 2.10 bits per heavy atom. The van der Waals surface area contributed by atoms with Crippen LogP contribution in [-0.4, -0.2) is 17.9 Å². The number of halogens is 1. The molecule has 0 aliphatic carbocycles. The van der Waals surface area contributed by atoms with Gasteiger partial charge in [0.15, 0.2) is 0 Å². The van der Waals surface area contributed by atoms with Gasteiger partial charge >= 0.3 is 0 Å². The molecule has 0 spiro atoms. The number of carbonyl (C=O) groups excluding carboxylic acids is 1. The predicted molar refractivity (Wildman–Crippen MR) is 76.0 cm³/mol. The molecule has 0 bridgehead atoms. The lowest BCUT2D eigenvalue weighted by Crippen LogP contribution is -1.99. The van der Waals surface area contributed by atoms with E-state index in [9.17, 15) is 9.18 Å². The van der Waals surface area contributed by atoms with E-state index in [4.69, 9.17) is 4.74 Å². The number of carbonyl (C=O) groups is 1. The fourth-order valence-corrected chi connectivity index (χ4v) is 2.96. The first-order chi connectivity index (χ1) is 9.67. The number of aromatic nitrogens is 1. The Kier molecular flexibility index (Phi) is 3.20. The summed E-state index contributed by atoms with van der Waals surface area (Å²) < 4.78 is 19.0. The third-order valence-corrected chi connectivity index (χ3v) is 4.01. The Hall–Kier alpha value is -2.27. The van der Waals surface area contributed by atoms with Crippen molar-refractivity contribution in [3.8, 4) is 5.75 Å². The molecule has 0 fully saturated rings. The third kappa shape index (κ3) is 2.28. The summed E-state index contributed by atoms with van der Waals surface area (Å²) in [6.45, 7) is 0. The molecule has 20 heavy (non-hydrogen) atoms. The Morgan fingerprint density at radius 3 is 2.90 bits per heavy atom. The van der Waals surface area contributed by atoms with Crippen molar-refractivity contribution in [3.63, 3.8) is 0 Å². The van der Waals surface area contributed by atoms with E-state index in [2.05, 4.69) is 4.98 Å². The third-order valence-electron chi connectivity index (χ3n) is 2.92. The van der Waals surface area contributed by atoms with Gasteiger partial charge in [-0.1, -0.05) is 6.07 Å². The Morgan fingerprint density at radius 1 is 1.25 bits per heavy atom. The van der Waals surface area contributed by atoms with Gasteiger partial charge in [-0.25, -0.2) is 4.39 Å². The van der Waals surface area contributed by atoms with Crippen LogP contribution in [0, 0.1) is 5.82 Å². The summed E-state index contributed by atoms with van der Waals surface area (Å²) in [5.74, 6) is 0.0856. The summed E-state index contributed by atoms with van der Waals surface area (Å²) in [4.78, 5) is 16.9. The standard InChI is InChI=1S/C15H10FNO2S/c1-19-12-4-10(7-17-8-12)15(18)14-5-9-2-3-11(16)6-13(9)20-14/h2-8H,1H3. The van der Waals surface area contributed by atoms with Gasteiger partial charge in [-0.05, 0) is 29.7 Å². The van der Waals surface area contributed by atoms with Crippen LogP contribution in [0.15, 0.2) is 42.7 Å². The van der Waals surface area contributed by atoms with Gasteiger partial charge in [0, 0.05) is 16.5 Å². The molecule has 2 heterocycles. The molecule has 1 aromatic carbocycles. The van der Waals surface area contributed by atoms with E-state index in [1.54, 1.807) is 18.2 Å². The molecule has 0 radical (unpaired) electrons. The van der Waals surface area contributed by atoms with Crippen molar-refractivity contribution in [1.82, 2.24) is 4.98 Å². The fourth-order valence-electron chi connectivity index (χ4n) is 1.91. The molecule has 2 aromatic heterocycles. The van der Waals surface area contributed by atoms with E-state index in [0.29, 0.717) is 16.2 Å². The van der Waals surface area contributed by atoms with Crippen molar-refractivity contribution < 1.29 is 13.9 Å². The molecule has 100 valence electrons. The minimum Gasteiger partial charge on any atom is -0.495 e.